The molecule has 0 aromatic heterocycles. The van der Waals surface area contributed by atoms with Gasteiger partial charge in [0.15, 0.2) is 5.11 Å². The maximum Gasteiger partial charge on any atom is 0.169 e. The maximum atomic E-state index is 5.49. The highest BCUT2D eigenvalue weighted by Crippen LogP contribution is 1.98. The molecule has 0 bridgehead atoms. The molecule has 1 fully saturated rings. The average Bonchev–Trinajstić information content (AvgIpc) is 2.49. The molecule has 1 aliphatic rings. The number of piperazine rings is 1. The first-order valence-corrected chi connectivity index (χ1v) is 8.02. The molecule has 1 saturated heterocycles. The summed E-state index contributed by atoms with van der Waals surface area (Å²) in [6, 6.07) is 11.2. The van der Waals surface area contributed by atoms with E-state index in [1.807, 2.05) is 0 Å². The Labute approximate surface area is 128 Å². The lowest BCUT2D eigenvalue weighted by Gasteiger charge is -2.34. The summed E-state index contributed by atoms with van der Waals surface area (Å²) in [5.41, 5.74) is 1.43. The summed E-state index contributed by atoms with van der Waals surface area (Å²) in [5.74, 6) is 0. The molecule has 2 N–H and O–H groups in total. The Morgan fingerprint density at radius 2 is 1.95 bits per heavy atom. The second kappa shape index (κ2) is 7.60. The first-order valence-electron chi connectivity index (χ1n) is 7.62. The third-order valence-corrected chi connectivity index (χ3v) is 4.41. The largest absolute Gasteiger partial charge is 0.360 e. The van der Waals surface area contributed by atoms with Gasteiger partial charge in [0.05, 0.1) is 26.2 Å². The van der Waals surface area contributed by atoms with E-state index in [9.17, 15) is 0 Å². The first-order chi connectivity index (χ1) is 9.69. The number of thiocarbonyl (C=S) groups is 1. The van der Waals surface area contributed by atoms with Gasteiger partial charge in [0, 0.05) is 11.6 Å². The molecule has 4 heteroatoms. The van der Waals surface area contributed by atoms with Crippen LogP contribution >= 0.6 is 12.2 Å². The lowest BCUT2D eigenvalue weighted by molar-refractivity contribution is -0.917. The third kappa shape index (κ3) is 4.46. The Kier molecular flexibility index (Phi) is 5.80. The third-order valence-electron chi connectivity index (χ3n) is 4.04. The number of hydrogen-bond donors (Lipinski definition) is 2. The molecule has 20 heavy (non-hydrogen) atoms. The molecule has 3 nitrogen and oxygen atoms in total. The van der Waals surface area contributed by atoms with Crippen molar-refractivity contribution in [3.8, 4) is 0 Å². The van der Waals surface area contributed by atoms with E-state index in [4.69, 9.17) is 12.2 Å². The fourth-order valence-corrected chi connectivity index (χ4v) is 2.88. The van der Waals surface area contributed by atoms with Gasteiger partial charge in [-0.3, -0.25) is 0 Å². The van der Waals surface area contributed by atoms with Crippen LogP contribution in [0.15, 0.2) is 30.3 Å². The molecule has 0 radical (unpaired) electrons. The molecule has 1 aromatic rings. The van der Waals surface area contributed by atoms with Crippen molar-refractivity contribution in [3.63, 3.8) is 0 Å². The van der Waals surface area contributed by atoms with Crippen molar-refractivity contribution in [2.24, 2.45) is 0 Å². The van der Waals surface area contributed by atoms with Crippen LogP contribution in [0.25, 0.3) is 0 Å². The molecule has 110 valence electrons. The van der Waals surface area contributed by atoms with Crippen LogP contribution in [-0.2, 0) is 6.54 Å². The molecule has 0 unspecified atom stereocenters. The van der Waals surface area contributed by atoms with Gasteiger partial charge in [-0.05, 0) is 25.6 Å². The van der Waals surface area contributed by atoms with Crippen LogP contribution in [0.4, 0.5) is 0 Å². The summed E-state index contributed by atoms with van der Waals surface area (Å²) in [6.45, 7) is 9.94. The predicted molar refractivity (Wildman–Crippen MR) is 87.9 cm³/mol. The van der Waals surface area contributed by atoms with Crippen LogP contribution in [0.5, 0.6) is 0 Å². The van der Waals surface area contributed by atoms with Crippen molar-refractivity contribution in [1.82, 2.24) is 10.2 Å². The van der Waals surface area contributed by atoms with Gasteiger partial charge in [0.25, 0.3) is 0 Å². The number of nitrogens with zero attached hydrogens (tertiary/aromatic N) is 1. The van der Waals surface area contributed by atoms with Gasteiger partial charge in [-0.1, -0.05) is 37.3 Å². The Morgan fingerprint density at radius 3 is 2.55 bits per heavy atom. The maximum absolute atomic E-state index is 5.49. The second-order valence-corrected chi connectivity index (χ2v) is 6.04. The lowest BCUT2D eigenvalue weighted by Crippen LogP contribution is -3.13. The van der Waals surface area contributed by atoms with E-state index in [0.29, 0.717) is 6.04 Å². The zero-order chi connectivity index (χ0) is 14.4. The van der Waals surface area contributed by atoms with Crippen LogP contribution in [0, 0.1) is 0 Å². The Bertz CT molecular complexity index is 413. The van der Waals surface area contributed by atoms with Gasteiger partial charge in [-0.15, -0.1) is 0 Å². The fraction of sp³-hybridized carbons (Fsp3) is 0.562. The molecule has 1 aliphatic heterocycles. The van der Waals surface area contributed by atoms with Crippen LogP contribution in [-0.4, -0.2) is 42.2 Å². The topological polar surface area (TPSA) is 19.7 Å². The van der Waals surface area contributed by atoms with E-state index in [0.717, 1.165) is 44.3 Å². The highest BCUT2D eigenvalue weighted by molar-refractivity contribution is 7.80. The van der Waals surface area contributed by atoms with Gasteiger partial charge in [0.2, 0.25) is 0 Å². The van der Waals surface area contributed by atoms with Crippen molar-refractivity contribution in [3.05, 3.63) is 35.9 Å². The van der Waals surface area contributed by atoms with Gasteiger partial charge >= 0.3 is 0 Å². The van der Waals surface area contributed by atoms with Gasteiger partial charge in [0.1, 0.15) is 6.54 Å². The quantitative estimate of drug-likeness (QED) is 0.810. The Balaban J connectivity index is 1.76. The predicted octanol–water partition coefficient (Wildman–Crippen LogP) is 1.06. The lowest BCUT2D eigenvalue weighted by atomic mass is 10.2. The number of quaternary nitrogens is 1. The zero-order valence-electron chi connectivity index (χ0n) is 12.6. The molecular weight excluding hydrogens is 266 g/mol. The van der Waals surface area contributed by atoms with Gasteiger partial charge in [-0.2, -0.15) is 0 Å². The molecule has 1 heterocycles. The van der Waals surface area contributed by atoms with E-state index < -0.39 is 0 Å². The fourth-order valence-electron chi connectivity index (χ4n) is 2.49. The molecule has 0 aliphatic carbocycles. The zero-order valence-corrected chi connectivity index (χ0v) is 13.4. The smallest absolute Gasteiger partial charge is 0.169 e. The van der Waals surface area contributed by atoms with E-state index >= 15 is 0 Å². The Morgan fingerprint density at radius 1 is 1.30 bits per heavy atom. The van der Waals surface area contributed by atoms with Crippen LogP contribution in [0.3, 0.4) is 0 Å². The second-order valence-electron chi connectivity index (χ2n) is 5.66. The minimum atomic E-state index is 0.470. The van der Waals surface area contributed by atoms with Crippen molar-refractivity contribution in [2.75, 3.05) is 26.2 Å². The van der Waals surface area contributed by atoms with Crippen molar-refractivity contribution >= 4 is 17.3 Å². The monoisotopic (exact) mass is 292 g/mol. The standard InChI is InChI=1S/C16H25N3S/c1-3-14(2)17-16(20)19-11-9-18(10-12-19)13-15-7-5-4-6-8-15/h4-8,14H,3,9-13H2,1-2H3,(H,17,20)/p+1/t14-/m0/s1. The first kappa shape index (κ1) is 15.3. The van der Waals surface area contributed by atoms with Crippen molar-refractivity contribution in [1.29, 1.82) is 0 Å². The van der Waals surface area contributed by atoms with E-state index in [2.05, 4.69) is 54.4 Å². The summed E-state index contributed by atoms with van der Waals surface area (Å²) in [6.07, 6.45) is 1.11. The Hall–Kier alpha value is -1.13. The SMILES string of the molecule is CC[C@H](C)NC(=S)N1CC[NH+](Cc2ccccc2)CC1. The summed E-state index contributed by atoms with van der Waals surface area (Å²) in [4.78, 5) is 3.97. The highest BCUT2D eigenvalue weighted by Gasteiger charge is 2.22. The van der Waals surface area contributed by atoms with Gasteiger partial charge in [-0.25, -0.2) is 0 Å². The molecule has 0 amide bonds. The van der Waals surface area contributed by atoms with E-state index in [1.165, 1.54) is 5.56 Å². The number of hydrogen-bond acceptors (Lipinski definition) is 1. The number of benzene rings is 1. The molecule has 1 atom stereocenters. The van der Waals surface area contributed by atoms with Crippen LogP contribution in [0.1, 0.15) is 25.8 Å². The minimum Gasteiger partial charge on any atom is -0.360 e. The summed E-state index contributed by atoms with van der Waals surface area (Å²) in [7, 11) is 0. The van der Waals surface area contributed by atoms with E-state index in [-0.39, 0.29) is 0 Å². The van der Waals surface area contributed by atoms with Crippen LogP contribution in [0.2, 0.25) is 0 Å². The minimum absolute atomic E-state index is 0.470. The number of rotatable bonds is 4. The molecule has 0 saturated carbocycles. The van der Waals surface area contributed by atoms with Crippen LogP contribution < -0.4 is 10.2 Å². The highest BCUT2D eigenvalue weighted by atomic mass is 32.1. The molecular formula is C16H26N3S+. The van der Waals surface area contributed by atoms with Crippen molar-refractivity contribution in [2.45, 2.75) is 32.9 Å². The average molecular weight is 292 g/mol. The molecule has 2 rings (SSSR count). The van der Waals surface area contributed by atoms with Gasteiger partial charge < -0.3 is 15.1 Å². The molecule has 1 aromatic carbocycles. The van der Waals surface area contributed by atoms with E-state index in [1.54, 1.807) is 4.90 Å². The van der Waals surface area contributed by atoms with Crippen molar-refractivity contribution < 1.29 is 4.90 Å². The normalized spacial score (nSPS) is 17.8. The summed E-state index contributed by atoms with van der Waals surface area (Å²) < 4.78 is 0. The summed E-state index contributed by atoms with van der Waals surface area (Å²) in [5, 5.41) is 4.34. The number of nitrogens with one attached hydrogen (secondary N) is 2. The molecule has 0 spiro atoms. The summed E-state index contributed by atoms with van der Waals surface area (Å²) >= 11 is 5.49.